The number of halogens is 3. The van der Waals surface area contributed by atoms with Gasteiger partial charge < -0.3 is 11.1 Å². The number of pyridine rings is 2. The van der Waals surface area contributed by atoms with Crippen molar-refractivity contribution in [2.24, 2.45) is 0 Å². The molecule has 5 rings (SSSR count). The summed E-state index contributed by atoms with van der Waals surface area (Å²) < 4.78 is 0. The monoisotopic (exact) mass is 503 g/mol. The highest BCUT2D eigenvalue weighted by Crippen LogP contribution is 2.35. The fraction of sp³-hybridized carbons (Fsp3) is 0.217. The number of aromatic amines is 1. The molecular weight excluding hydrogens is 481 g/mol. The van der Waals surface area contributed by atoms with Crippen molar-refractivity contribution >= 4 is 53.8 Å². The molecule has 1 aromatic carbocycles. The van der Waals surface area contributed by atoms with Crippen molar-refractivity contribution in [3.8, 4) is 28.5 Å². The fourth-order valence-electron chi connectivity index (χ4n) is 4.12. The van der Waals surface area contributed by atoms with Gasteiger partial charge in [0.2, 0.25) is 0 Å². The van der Waals surface area contributed by atoms with Crippen LogP contribution in [0.5, 0.6) is 0 Å². The Kier molecular flexibility index (Phi) is 9.03. The Morgan fingerprint density at radius 3 is 2.48 bits per heavy atom. The molecule has 0 aliphatic carbocycles. The Balaban J connectivity index is 0.00000128. The van der Waals surface area contributed by atoms with Crippen LogP contribution in [0.1, 0.15) is 30.0 Å². The maximum Gasteiger partial charge on any atom is 0.132 e. The maximum absolute atomic E-state index is 9.10. The highest BCUT2D eigenvalue weighted by molar-refractivity contribution is 5.88. The third kappa shape index (κ3) is 5.21. The molecule has 33 heavy (non-hydrogen) atoms. The molecule has 1 saturated heterocycles. The lowest BCUT2D eigenvalue weighted by atomic mass is 9.90. The van der Waals surface area contributed by atoms with Gasteiger partial charge in [-0.25, -0.2) is 4.98 Å². The van der Waals surface area contributed by atoms with Gasteiger partial charge in [-0.3, -0.25) is 10.1 Å². The van der Waals surface area contributed by atoms with Gasteiger partial charge in [-0.15, -0.1) is 37.2 Å². The summed E-state index contributed by atoms with van der Waals surface area (Å²) in [5, 5.41) is 22.0. The predicted molar refractivity (Wildman–Crippen MR) is 138 cm³/mol. The average molecular weight is 505 g/mol. The molecule has 0 amide bonds. The van der Waals surface area contributed by atoms with Gasteiger partial charge in [0.15, 0.2) is 0 Å². The highest BCUT2D eigenvalue weighted by atomic mass is 35.5. The smallest absolute Gasteiger partial charge is 0.132 e. The maximum atomic E-state index is 9.10. The van der Waals surface area contributed by atoms with E-state index in [0.717, 1.165) is 64.8 Å². The van der Waals surface area contributed by atoms with Crippen molar-refractivity contribution in [1.29, 1.82) is 5.26 Å². The molecule has 4 heterocycles. The van der Waals surface area contributed by atoms with Crippen LogP contribution in [0.2, 0.25) is 0 Å². The molecule has 4 aromatic rings. The zero-order valence-corrected chi connectivity index (χ0v) is 20.1. The molecule has 1 fully saturated rings. The number of aromatic nitrogens is 4. The zero-order chi connectivity index (χ0) is 20.5. The number of hydrogen-bond acceptors (Lipinski definition) is 6. The van der Waals surface area contributed by atoms with Crippen LogP contribution in [0.25, 0.3) is 33.2 Å². The standard InChI is InChI=1S/C23H21N7.3ClH/c24-10-14-1-2-16-9-21(27-11-17(16)7-14)19-8-18(12-28-23(19)25)20-13-29-30-22(20)15-3-5-26-6-4-15;;;/h1-2,7-9,11-13,15,26H,3-6H2,(H2,25,28)(H,29,30);3*1H. The van der Waals surface area contributed by atoms with Gasteiger partial charge in [0, 0.05) is 46.6 Å². The van der Waals surface area contributed by atoms with Crippen LogP contribution < -0.4 is 11.1 Å². The first-order chi connectivity index (χ1) is 14.7. The number of piperidine rings is 1. The number of nitrogens with one attached hydrogen (secondary N) is 2. The van der Waals surface area contributed by atoms with E-state index < -0.39 is 0 Å². The summed E-state index contributed by atoms with van der Waals surface area (Å²) in [5.41, 5.74) is 11.5. The van der Waals surface area contributed by atoms with E-state index in [9.17, 15) is 0 Å². The summed E-state index contributed by atoms with van der Waals surface area (Å²) in [6, 6.07) is 11.7. The molecule has 0 radical (unpaired) electrons. The molecule has 0 saturated carbocycles. The van der Waals surface area contributed by atoms with Crippen LogP contribution in [0.3, 0.4) is 0 Å². The minimum atomic E-state index is 0. The van der Waals surface area contributed by atoms with Crippen molar-refractivity contribution in [3.63, 3.8) is 0 Å². The molecule has 0 bridgehead atoms. The van der Waals surface area contributed by atoms with E-state index in [-0.39, 0.29) is 37.2 Å². The van der Waals surface area contributed by atoms with Crippen molar-refractivity contribution in [3.05, 3.63) is 60.2 Å². The topological polar surface area (TPSA) is 116 Å². The van der Waals surface area contributed by atoms with Crippen LogP contribution in [0.15, 0.2) is 48.9 Å². The van der Waals surface area contributed by atoms with Gasteiger partial charge in [0.1, 0.15) is 5.82 Å². The number of fused-ring (bicyclic) bond motifs is 1. The normalized spacial score (nSPS) is 13.3. The summed E-state index contributed by atoms with van der Waals surface area (Å²) in [5.74, 6) is 0.868. The van der Waals surface area contributed by atoms with Gasteiger partial charge in [-0.05, 0) is 55.6 Å². The Morgan fingerprint density at radius 2 is 1.73 bits per heavy atom. The molecule has 7 nitrogen and oxygen atoms in total. The number of anilines is 1. The van der Waals surface area contributed by atoms with Crippen molar-refractivity contribution < 1.29 is 0 Å². The quantitative estimate of drug-likeness (QED) is 0.366. The molecule has 0 unspecified atom stereocenters. The van der Waals surface area contributed by atoms with E-state index in [4.69, 9.17) is 11.0 Å². The third-order valence-electron chi connectivity index (χ3n) is 5.75. The van der Waals surface area contributed by atoms with Gasteiger partial charge in [-0.1, -0.05) is 6.07 Å². The number of hydrogen-bond donors (Lipinski definition) is 3. The van der Waals surface area contributed by atoms with Crippen LogP contribution in [-0.2, 0) is 0 Å². The Bertz CT molecular complexity index is 1280. The van der Waals surface area contributed by atoms with E-state index in [1.54, 1.807) is 18.5 Å². The minimum absolute atomic E-state index is 0. The molecular formula is C23H24Cl3N7. The second-order valence-corrected chi connectivity index (χ2v) is 7.61. The Labute approximate surface area is 210 Å². The van der Waals surface area contributed by atoms with Crippen LogP contribution in [0, 0.1) is 11.3 Å². The average Bonchev–Trinajstić information content (AvgIpc) is 3.29. The number of H-pyrrole nitrogens is 1. The Morgan fingerprint density at radius 1 is 0.939 bits per heavy atom. The molecule has 0 atom stereocenters. The van der Waals surface area contributed by atoms with E-state index in [2.05, 4.69) is 31.6 Å². The zero-order valence-electron chi connectivity index (χ0n) is 17.6. The van der Waals surface area contributed by atoms with Crippen molar-refractivity contribution in [2.75, 3.05) is 18.8 Å². The Hall–Kier alpha value is -2.89. The van der Waals surface area contributed by atoms with E-state index >= 15 is 0 Å². The lowest BCUT2D eigenvalue weighted by molar-refractivity contribution is 0.453. The van der Waals surface area contributed by atoms with E-state index in [1.807, 2.05) is 30.5 Å². The van der Waals surface area contributed by atoms with E-state index in [1.165, 1.54) is 0 Å². The molecule has 3 aromatic heterocycles. The number of nitrogen functional groups attached to an aromatic ring is 1. The van der Waals surface area contributed by atoms with Crippen molar-refractivity contribution in [1.82, 2.24) is 25.5 Å². The molecule has 1 aliphatic heterocycles. The predicted octanol–water partition coefficient (Wildman–Crippen LogP) is 4.87. The number of benzene rings is 1. The second kappa shape index (κ2) is 11.3. The molecule has 1 aliphatic rings. The summed E-state index contributed by atoms with van der Waals surface area (Å²) in [6.45, 7) is 2.02. The third-order valence-corrected chi connectivity index (χ3v) is 5.75. The largest absolute Gasteiger partial charge is 0.383 e. The number of nitrogens with two attached hydrogens (primary N) is 1. The second-order valence-electron chi connectivity index (χ2n) is 7.61. The van der Waals surface area contributed by atoms with Gasteiger partial charge in [0.25, 0.3) is 0 Å². The summed E-state index contributed by atoms with van der Waals surface area (Å²) >= 11 is 0. The van der Waals surface area contributed by atoms with Gasteiger partial charge >= 0.3 is 0 Å². The molecule has 172 valence electrons. The SMILES string of the molecule is Cl.Cl.Cl.N#Cc1ccc2cc(-c3cc(-c4c[nH]nc4C4CCNCC4)cnc3N)ncc2c1. The lowest BCUT2D eigenvalue weighted by Crippen LogP contribution is -2.27. The van der Waals surface area contributed by atoms with Crippen LogP contribution in [-0.4, -0.2) is 33.3 Å². The summed E-state index contributed by atoms with van der Waals surface area (Å²) in [4.78, 5) is 9.03. The highest BCUT2D eigenvalue weighted by Gasteiger charge is 2.22. The molecule has 10 heteroatoms. The molecule has 0 spiro atoms. The molecule has 4 N–H and O–H groups in total. The lowest BCUT2D eigenvalue weighted by Gasteiger charge is -2.22. The van der Waals surface area contributed by atoms with Crippen LogP contribution >= 0.6 is 37.2 Å². The summed E-state index contributed by atoms with van der Waals surface area (Å²) in [6.07, 6.45) is 7.66. The van der Waals surface area contributed by atoms with Gasteiger partial charge in [0.05, 0.1) is 23.0 Å². The number of nitrogens with zero attached hydrogens (tertiary/aromatic N) is 4. The summed E-state index contributed by atoms with van der Waals surface area (Å²) in [7, 11) is 0. The fourth-order valence-corrected chi connectivity index (χ4v) is 4.12. The van der Waals surface area contributed by atoms with E-state index in [0.29, 0.717) is 17.3 Å². The van der Waals surface area contributed by atoms with Crippen molar-refractivity contribution in [2.45, 2.75) is 18.8 Å². The minimum Gasteiger partial charge on any atom is -0.383 e. The first-order valence-corrected chi connectivity index (χ1v) is 10.0. The number of nitriles is 1. The number of rotatable bonds is 3. The van der Waals surface area contributed by atoms with Crippen LogP contribution in [0.4, 0.5) is 5.82 Å². The first kappa shape index (κ1) is 26.4. The first-order valence-electron chi connectivity index (χ1n) is 10.0. The van der Waals surface area contributed by atoms with Gasteiger partial charge in [-0.2, -0.15) is 10.4 Å².